The molecule has 0 heterocycles. The summed E-state index contributed by atoms with van der Waals surface area (Å²) in [5.74, 6) is -0.266. The van der Waals surface area contributed by atoms with Crippen molar-refractivity contribution in [2.45, 2.75) is 148 Å². The first-order chi connectivity index (χ1) is 31.5. The van der Waals surface area contributed by atoms with Crippen molar-refractivity contribution >= 4 is 13.7 Å². The molecule has 0 bridgehead atoms. The second kappa shape index (κ2) is 45.3. The second-order valence-electron chi connectivity index (χ2n) is 16.7. The Hall–Kier alpha value is -3.88. The molecule has 0 aliphatic heterocycles. The van der Waals surface area contributed by atoms with Gasteiger partial charge in [-0.3, -0.25) is 9.36 Å². The van der Waals surface area contributed by atoms with Gasteiger partial charge in [0.25, 0.3) is 7.82 Å². The van der Waals surface area contributed by atoms with Gasteiger partial charge in [0.15, 0.2) is 0 Å². The van der Waals surface area contributed by atoms with E-state index in [2.05, 4.69) is 165 Å². The Kier molecular flexibility index (Phi) is 42.6. The summed E-state index contributed by atoms with van der Waals surface area (Å²) >= 11 is 0. The summed E-state index contributed by atoms with van der Waals surface area (Å²) in [7, 11) is 1.17. The number of amides is 1. The molecule has 0 saturated carbocycles. The maximum absolute atomic E-state index is 12.8. The highest BCUT2D eigenvalue weighted by Gasteiger charge is 2.23. The van der Waals surface area contributed by atoms with Gasteiger partial charge in [0, 0.05) is 6.42 Å². The van der Waals surface area contributed by atoms with Crippen LogP contribution in [-0.2, 0) is 18.4 Å². The van der Waals surface area contributed by atoms with Crippen molar-refractivity contribution in [1.82, 2.24) is 5.32 Å². The third kappa shape index (κ3) is 47.9. The molecule has 0 spiro atoms. The highest BCUT2D eigenvalue weighted by Crippen LogP contribution is 2.38. The Morgan fingerprint density at radius 2 is 0.892 bits per heavy atom. The third-order valence-corrected chi connectivity index (χ3v) is 10.4. The van der Waals surface area contributed by atoms with Gasteiger partial charge < -0.3 is 28.8 Å². The molecule has 3 unspecified atom stereocenters. The summed E-state index contributed by atoms with van der Waals surface area (Å²) in [6, 6.07) is -0.944. The van der Waals surface area contributed by atoms with E-state index in [4.69, 9.17) is 9.05 Å². The monoisotopic (exact) mass is 917 g/mol. The Morgan fingerprint density at radius 3 is 1.31 bits per heavy atom. The lowest BCUT2D eigenvalue weighted by atomic mass is 10.1. The number of carbonyl (C=O) groups is 1. The van der Waals surface area contributed by atoms with Gasteiger partial charge in [0.2, 0.25) is 5.91 Å². The van der Waals surface area contributed by atoms with Gasteiger partial charge in [-0.2, -0.15) is 0 Å². The van der Waals surface area contributed by atoms with Crippen molar-refractivity contribution < 1.29 is 32.9 Å². The molecule has 1 amide bonds. The lowest BCUT2D eigenvalue weighted by molar-refractivity contribution is -0.870. The number of allylic oxidation sites excluding steroid dienone is 25. The Labute approximate surface area is 397 Å². The first-order valence-electron chi connectivity index (χ1n) is 24.3. The molecule has 0 saturated heterocycles. The number of nitrogens with one attached hydrogen (secondary N) is 1. The number of phosphoric ester groups is 1. The predicted octanol–water partition coefficient (Wildman–Crippen LogP) is 13.7. The molecule has 0 aromatic carbocycles. The number of unbranched alkanes of at least 4 members (excludes halogenated alkanes) is 4. The van der Waals surface area contributed by atoms with Crippen LogP contribution in [0.3, 0.4) is 0 Å². The number of carbonyl (C=O) groups excluding carboxylic acids is 1. The number of quaternary nitrogens is 1. The fraction of sp³-hybridized carbons (Fsp3) is 0.518. The van der Waals surface area contributed by atoms with Crippen LogP contribution in [0.1, 0.15) is 136 Å². The maximum Gasteiger partial charge on any atom is 0.268 e. The van der Waals surface area contributed by atoms with Crippen LogP contribution in [-0.4, -0.2) is 68.5 Å². The van der Waals surface area contributed by atoms with E-state index in [1.54, 1.807) is 6.08 Å². The topological polar surface area (TPSA) is 108 Å². The zero-order chi connectivity index (χ0) is 47.8. The van der Waals surface area contributed by atoms with Gasteiger partial charge in [0.05, 0.1) is 39.9 Å². The maximum atomic E-state index is 12.8. The van der Waals surface area contributed by atoms with Crippen molar-refractivity contribution in [1.29, 1.82) is 0 Å². The van der Waals surface area contributed by atoms with E-state index < -0.39 is 26.6 Å². The highest BCUT2D eigenvalue weighted by atomic mass is 31.2. The summed E-state index contributed by atoms with van der Waals surface area (Å²) in [5, 5.41) is 13.7. The van der Waals surface area contributed by atoms with Crippen molar-refractivity contribution in [2.75, 3.05) is 40.9 Å². The molecule has 0 aliphatic rings. The van der Waals surface area contributed by atoms with Crippen molar-refractivity contribution in [3.05, 3.63) is 158 Å². The summed E-state index contributed by atoms with van der Waals surface area (Å²) in [6.07, 6.45) is 71.9. The lowest BCUT2D eigenvalue weighted by Gasteiger charge is -2.29. The first-order valence-corrected chi connectivity index (χ1v) is 25.8. The molecule has 2 N–H and O–H groups in total. The van der Waals surface area contributed by atoms with E-state index in [9.17, 15) is 19.4 Å². The minimum absolute atomic E-state index is 0.0278. The Bertz CT molecular complexity index is 1600. The molecule has 0 aromatic rings. The number of phosphoric acid groups is 1. The molecule has 0 aromatic heterocycles. The van der Waals surface area contributed by atoms with Crippen LogP contribution in [0.5, 0.6) is 0 Å². The molecule has 0 aliphatic carbocycles. The van der Waals surface area contributed by atoms with Crippen LogP contribution < -0.4 is 10.2 Å². The fourth-order valence-corrected chi connectivity index (χ4v) is 6.41. The molecule has 0 radical (unpaired) electrons. The summed E-state index contributed by atoms with van der Waals surface area (Å²) in [4.78, 5) is 25.3. The smallest absolute Gasteiger partial charge is 0.268 e. The van der Waals surface area contributed by atoms with Crippen LogP contribution in [0, 0.1) is 0 Å². The zero-order valence-electron chi connectivity index (χ0n) is 41.1. The van der Waals surface area contributed by atoms with Gasteiger partial charge in [-0.05, 0) is 116 Å². The third-order valence-electron chi connectivity index (χ3n) is 9.46. The van der Waals surface area contributed by atoms with Crippen LogP contribution in [0.25, 0.3) is 0 Å². The summed E-state index contributed by atoms with van der Waals surface area (Å²) < 4.78 is 23.1. The zero-order valence-corrected chi connectivity index (χ0v) is 42.0. The van der Waals surface area contributed by atoms with E-state index >= 15 is 0 Å². The molecular weight excluding hydrogens is 828 g/mol. The quantitative estimate of drug-likeness (QED) is 0.0274. The van der Waals surface area contributed by atoms with Gasteiger partial charge in [-0.15, -0.1) is 0 Å². The van der Waals surface area contributed by atoms with Crippen LogP contribution in [0.4, 0.5) is 0 Å². The number of nitrogens with zero attached hydrogens (tertiary/aromatic N) is 1. The second-order valence-corrected chi connectivity index (χ2v) is 18.1. The van der Waals surface area contributed by atoms with Crippen LogP contribution in [0.2, 0.25) is 0 Å². The van der Waals surface area contributed by atoms with E-state index in [1.807, 2.05) is 27.2 Å². The van der Waals surface area contributed by atoms with Crippen molar-refractivity contribution in [3.63, 3.8) is 0 Å². The summed E-state index contributed by atoms with van der Waals surface area (Å²) in [5.41, 5.74) is 0. The SMILES string of the molecule is CC/C=C\C/C=C\C/C=C\C/C=C\C/C=C\C/C=C\C/C=C\C/C=C\C/C=C\C/C=C\CCCCC(=O)NC(COP(=O)([O-])OCC[N+](C)(C)C)C(O)/C=C/CC/C=C/CC/C=C/CC. The van der Waals surface area contributed by atoms with Gasteiger partial charge >= 0.3 is 0 Å². The minimum atomic E-state index is -4.62. The predicted molar refractivity (Wildman–Crippen MR) is 278 cm³/mol. The van der Waals surface area contributed by atoms with Gasteiger partial charge in [-0.1, -0.05) is 172 Å². The van der Waals surface area contributed by atoms with Crippen molar-refractivity contribution in [2.24, 2.45) is 0 Å². The molecule has 8 nitrogen and oxygen atoms in total. The normalized spacial score (nSPS) is 15.5. The number of hydrogen-bond donors (Lipinski definition) is 2. The van der Waals surface area contributed by atoms with Gasteiger partial charge in [-0.25, -0.2) is 0 Å². The molecule has 364 valence electrons. The highest BCUT2D eigenvalue weighted by molar-refractivity contribution is 7.45. The van der Waals surface area contributed by atoms with Crippen LogP contribution >= 0.6 is 7.82 Å². The Balaban J connectivity index is 4.34. The molecule has 9 heteroatoms. The fourth-order valence-electron chi connectivity index (χ4n) is 5.69. The average molecular weight is 917 g/mol. The molecule has 3 atom stereocenters. The number of aliphatic hydroxyl groups is 1. The summed E-state index contributed by atoms with van der Waals surface area (Å²) in [6.45, 7) is 4.29. The van der Waals surface area contributed by atoms with Crippen molar-refractivity contribution in [3.8, 4) is 0 Å². The van der Waals surface area contributed by atoms with E-state index in [0.29, 0.717) is 23.9 Å². The first kappa shape index (κ1) is 61.1. The van der Waals surface area contributed by atoms with E-state index in [1.165, 1.54) is 0 Å². The molecule has 0 rings (SSSR count). The number of likely N-dealkylation sites (N-methyl/N-ethyl adjacent to an activating group) is 1. The average Bonchev–Trinajstić information content (AvgIpc) is 3.26. The lowest BCUT2D eigenvalue weighted by Crippen LogP contribution is -2.45. The largest absolute Gasteiger partial charge is 0.756 e. The molecular formula is C56H89N2O6P. The minimum Gasteiger partial charge on any atom is -0.756 e. The molecule has 0 fully saturated rings. The van der Waals surface area contributed by atoms with Gasteiger partial charge in [0.1, 0.15) is 13.2 Å². The van der Waals surface area contributed by atoms with E-state index in [-0.39, 0.29) is 18.9 Å². The number of hydrogen-bond acceptors (Lipinski definition) is 6. The standard InChI is InChI=1S/C56H89N2O6P/c1-6-8-10-12-14-16-18-19-20-21-22-23-24-25-26-27-28-29-30-31-32-33-34-35-36-37-38-39-40-42-44-46-48-50-56(60)57-54(53-64-65(61,62)63-52-51-58(3,4)5)55(59)49-47-45-43-41-17-15-13-11-9-7-2/h8-11,14,16-17,19-20,22-23,25-26,28-29,31-32,34-35,37-38,40-42,47,49,54-55,59H,6-7,12-13,15,18,21,24,27,30,33,36,39,43-46,48,50-53H2,1-5H3,(H-,57,60,61,62)/b10-8-,11-9+,16-14-,20-19-,23-22-,26-25-,29-28-,32-31-,35-34-,38-37-,41-17+,42-40-,49-47+. The van der Waals surface area contributed by atoms with Crippen LogP contribution in [0.15, 0.2) is 158 Å². The molecule has 65 heavy (non-hydrogen) atoms. The number of rotatable bonds is 41. The Morgan fingerprint density at radius 1 is 0.538 bits per heavy atom. The number of aliphatic hydroxyl groups excluding tert-OH is 1. The van der Waals surface area contributed by atoms with E-state index in [0.717, 1.165) is 103 Å².